The van der Waals surface area contributed by atoms with Gasteiger partial charge in [0.05, 0.1) is 6.54 Å². The van der Waals surface area contributed by atoms with Crippen molar-refractivity contribution >= 4 is 5.84 Å². The highest BCUT2D eigenvalue weighted by Gasteiger charge is 2.11. The van der Waals surface area contributed by atoms with E-state index in [4.69, 9.17) is 10.9 Å². The van der Waals surface area contributed by atoms with Gasteiger partial charge in [0.25, 0.3) is 0 Å². The molecule has 0 aromatic rings. The number of amidine groups is 1. The Morgan fingerprint density at radius 2 is 2.12 bits per heavy atom. The molecule has 1 fully saturated rings. The quantitative estimate of drug-likeness (QED) is 0.289. The maximum Gasteiger partial charge on any atom is 0.153 e. The Hall–Kier alpha value is -0.810. The first-order chi connectivity index (χ1) is 7.76. The minimum absolute atomic E-state index is 0.294. The molecule has 1 heterocycles. The molecule has 5 heteroatoms. The highest BCUT2D eigenvalue weighted by Crippen LogP contribution is 2.07. The van der Waals surface area contributed by atoms with E-state index in [-0.39, 0.29) is 0 Å². The smallest absolute Gasteiger partial charge is 0.153 e. The monoisotopic (exact) mass is 228 g/mol. The predicted molar refractivity (Wildman–Crippen MR) is 65.8 cm³/mol. The molecule has 5 nitrogen and oxygen atoms in total. The molecule has 0 aliphatic carbocycles. The molecule has 0 atom stereocenters. The van der Waals surface area contributed by atoms with Crippen LogP contribution >= 0.6 is 0 Å². The van der Waals surface area contributed by atoms with Gasteiger partial charge in [0, 0.05) is 0 Å². The molecule has 0 unspecified atom stereocenters. The lowest BCUT2D eigenvalue weighted by molar-refractivity contribution is 0.269. The highest BCUT2D eigenvalue weighted by molar-refractivity contribution is 5.81. The van der Waals surface area contributed by atoms with E-state index in [0.717, 1.165) is 19.5 Å². The van der Waals surface area contributed by atoms with E-state index in [2.05, 4.69) is 21.9 Å². The summed E-state index contributed by atoms with van der Waals surface area (Å²) >= 11 is 0. The Kier molecular flexibility index (Phi) is 6.18. The molecule has 3 N–H and O–H groups in total. The normalized spacial score (nSPS) is 18.5. The van der Waals surface area contributed by atoms with E-state index >= 15 is 0 Å². The summed E-state index contributed by atoms with van der Waals surface area (Å²) in [5.74, 6) is 0.294. The van der Waals surface area contributed by atoms with Crippen molar-refractivity contribution in [1.82, 2.24) is 9.80 Å². The topological polar surface area (TPSA) is 65.1 Å². The van der Waals surface area contributed by atoms with E-state index in [1.165, 1.54) is 32.5 Å². The van der Waals surface area contributed by atoms with Crippen LogP contribution in [0.15, 0.2) is 5.16 Å². The van der Waals surface area contributed by atoms with E-state index in [9.17, 15) is 0 Å². The molecule has 0 saturated carbocycles. The Morgan fingerprint density at radius 1 is 1.44 bits per heavy atom. The van der Waals surface area contributed by atoms with Gasteiger partial charge in [-0.1, -0.05) is 12.1 Å². The van der Waals surface area contributed by atoms with Crippen LogP contribution in [0.2, 0.25) is 0 Å². The fourth-order valence-corrected chi connectivity index (χ4v) is 2.13. The molecular formula is C11H24N4O. The van der Waals surface area contributed by atoms with Crippen molar-refractivity contribution in [2.75, 3.05) is 39.3 Å². The van der Waals surface area contributed by atoms with Gasteiger partial charge in [0.15, 0.2) is 5.84 Å². The van der Waals surface area contributed by atoms with Crippen molar-refractivity contribution in [2.45, 2.75) is 26.2 Å². The summed E-state index contributed by atoms with van der Waals surface area (Å²) in [7, 11) is 0. The van der Waals surface area contributed by atoms with Crippen LogP contribution in [-0.4, -0.2) is 60.1 Å². The summed E-state index contributed by atoms with van der Waals surface area (Å²) in [5, 5.41) is 11.5. The summed E-state index contributed by atoms with van der Waals surface area (Å²) < 4.78 is 0. The van der Waals surface area contributed by atoms with Crippen molar-refractivity contribution in [3.05, 3.63) is 0 Å². The Balaban J connectivity index is 2.12. The highest BCUT2D eigenvalue weighted by atomic mass is 16.4. The van der Waals surface area contributed by atoms with Gasteiger partial charge in [-0.15, -0.1) is 0 Å². The zero-order valence-electron chi connectivity index (χ0n) is 10.2. The van der Waals surface area contributed by atoms with Gasteiger partial charge in [0.1, 0.15) is 0 Å². The summed E-state index contributed by atoms with van der Waals surface area (Å²) in [4.78, 5) is 4.71. The van der Waals surface area contributed by atoms with Crippen molar-refractivity contribution in [3.8, 4) is 0 Å². The predicted octanol–water partition coefficient (Wildman–Crippen LogP) is 0.541. The third-order valence-corrected chi connectivity index (χ3v) is 3.11. The van der Waals surface area contributed by atoms with E-state index < -0.39 is 0 Å². The van der Waals surface area contributed by atoms with Crippen molar-refractivity contribution in [2.24, 2.45) is 10.9 Å². The second-order valence-electron chi connectivity index (χ2n) is 4.36. The first-order valence-corrected chi connectivity index (χ1v) is 6.17. The van der Waals surface area contributed by atoms with Crippen LogP contribution < -0.4 is 5.73 Å². The first kappa shape index (κ1) is 13.3. The minimum Gasteiger partial charge on any atom is -0.409 e. The maximum absolute atomic E-state index is 8.51. The van der Waals surface area contributed by atoms with Gasteiger partial charge >= 0.3 is 0 Å². The number of hydrogen-bond donors (Lipinski definition) is 2. The number of likely N-dealkylation sites (tertiary alicyclic amines) is 1. The van der Waals surface area contributed by atoms with Crippen molar-refractivity contribution in [1.29, 1.82) is 0 Å². The molecule has 16 heavy (non-hydrogen) atoms. The summed E-state index contributed by atoms with van der Waals surface area (Å²) in [6, 6.07) is 0. The lowest BCUT2D eigenvalue weighted by atomic mass is 10.3. The number of nitrogens with zero attached hydrogens (tertiary/aromatic N) is 3. The van der Waals surface area contributed by atoms with Gasteiger partial charge in [-0.05, 0) is 52.0 Å². The zero-order chi connectivity index (χ0) is 11.8. The van der Waals surface area contributed by atoms with Gasteiger partial charge in [0.2, 0.25) is 0 Å². The molecule has 94 valence electrons. The minimum atomic E-state index is 0.294. The van der Waals surface area contributed by atoms with Gasteiger partial charge in [-0.25, -0.2) is 0 Å². The molecule has 1 aliphatic heterocycles. The molecular weight excluding hydrogens is 204 g/mol. The molecule has 0 bridgehead atoms. The van der Waals surface area contributed by atoms with Crippen LogP contribution in [0.25, 0.3) is 0 Å². The van der Waals surface area contributed by atoms with Gasteiger partial charge in [-0.2, -0.15) is 0 Å². The van der Waals surface area contributed by atoms with Crippen LogP contribution in [-0.2, 0) is 0 Å². The fraction of sp³-hybridized carbons (Fsp3) is 0.909. The Labute approximate surface area is 97.9 Å². The Bertz CT molecular complexity index is 214. The molecule has 1 saturated heterocycles. The number of hydrogen-bond acceptors (Lipinski definition) is 4. The summed E-state index contributed by atoms with van der Waals surface area (Å²) in [6.07, 6.45) is 3.86. The maximum atomic E-state index is 8.51. The van der Waals surface area contributed by atoms with Crippen LogP contribution in [0.3, 0.4) is 0 Å². The fourth-order valence-electron chi connectivity index (χ4n) is 2.13. The van der Waals surface area contributed by atoms with E-state index in [0.29, 0.717) is 12.4 Å². The zero-order valence-corrected chi connectivity index (χ0v) is 10.2. The van der Waals surface area contributed by atoms with E-state index in [1.807, 2.05) is 0 Å². The average molecular weight is 228 g/mol. The third-order valence-electron chi connectivity index (χ3n) is 3.11. The second kappa shape index (κ2) is 7.46. The van der Waals surface area contributed by atoms with Crippen LogP contribution in [0, 0.1) is 0 Å². The largest absolute Gasteiger partial charge is 0.409 e. The lowest BCUT2D eigenvalue weighted by Gasteiger charge is -2.21. The number of oxime groups is 1. The molecule has 0 amide bonds. The molecule has 1 aliphatic rings. The molecule has 0 spiro atoms. The number of likely N-dealkylation sites (N-methyl/N-ethyl adjacent to an activating group) is 1. The summed E-state index contributed by atoms with van der Waals surface area (Å²) in [5.41, 5.74) is 5.49. The lowest BCUT2D eigenvalue weighted by Crippen LogP contribution is -2.35. The first-order valence-electron chi connectivity index (χ1n) is 6.17. The van der Waals surface area contributed by atoms with Crippen LogP contribution in [0.5, 0.6) is 0 Å². The van der Waals surface area contributed by atoms with Crippen molar-refractivity contribution < 1.29 is 5.21 Å². The molecule has 0 aromatic heterocycles. The Morgan fingerprint density at radius 3 is 2.69 bits per heavy atom. The van der Waals surface area contributed by atoms with Crippen LogP contribution in [0.1, 0.15) is 26.2 Å². The molecule has 0 radical (unpaired) electrons. The van der Waals surface area contributed by atoms with Crippen molar-refractivity contribution in [3.63, 3.8) is 0 Å². The van der Waals surface area contributed by atoms with Gasteiger partial charge in [-0.3, -0.25) is 4.90 Å². The molecule has 0 aromatic carbocycles. The van der Waals surface area contributed by atoms with Gasteiger partial charge < -0.3 is 15.8 Å². The van der Waals surface area contributed by atoms with E-state index in [1.54, 1.807) is 0 Å². The standard InChI is InChI=1S/C11H24N4O/c1-2-14(10-11(12)13-16)8-5-9-15-6-3-4-7-15/h16H,2-10H2,1H3,(H2,12,13). The second-order valence-corrected chi connectivity index (χ2v) is 4.36. The molecule has 1 rings (SSSR count). The number of nitrogens with two attached hydrogens (primary N) is 1. The summed E-state index contributed by atoms with van der Waals surface area (Å²) in [6.45, 7) is 8.30. The SMILES string of the molecule is CCN(CCCN1CCCC1)CC(N)=NO. The third kappa shape index (κ3) is 4.81. The average Bonchev–Trinajstić information content (AvgIpc) is 2.80. The van der Waals surface area contributed by atoms with Crippen LogP contribution in [0.4, 0.5) is 0 Å². The number of rotatable bonds is 7.